The zero-order valence-corrected chi connectivity index (χ0v) is 13.5. The molecule has 0 aliphatic heterocycles. The van der Waals surface area contributed by atoms with Crippen molar-refractivity contribution in [3.8, 4) is 23.0 Å². The maximum atomic E-state index is 5.88. The average Bonchev–Trinajstić information content (AvgIpc) is 3.33. The van der Waals surface area contributed by atoms with Gasteiger partial charge in [0.25, 0.3) is 0 Å². The first-order valence-electron chi connectivity index (χ1n) is 8.44. The van der Waals surface area contributed by atoms with Gasteiger partial charge < -0.3 is 14.7 Å². The molecule has 3 aromatic heterocycles. The summed E-state index contributed by atoms with van der Waals surface area (Å²) in [6, 6.07) is 4.14. The van der Waals surface area contributed by atoms with Crippen molar-refractivity contribution in [3.05, 3.63) is 43.2 Å². The Morgan fingerprint density at radius 2 is 2.08 bits per heavy atom. The summed E-state index contributed by atoms with van der Waals surface area (Å²) in [6.45, 7) is 0.765. The van der Waals surface area contributed by atoms with Gasteiger partial charge in [0.2, 0.25) is 0 Å². The highest BCUT2D eigenvalue weighted by atomic mass is 16.3. The predicted molar refractivity (Wildman–Crippen MR) is 91.0 cm³/mol. The van der Waals surface area contributed by atoms with Crippen LogP contribution in [0.5, 0.6) is 0 Å². The molecule has 0 aromatic carbocycles. The summed E-state index contributed by atoms with van der Waals surface area (Å²) in [7, 11) is 0. The minimum absolute atomic E-state index is 0.453. The number of nitrogens with two attached hydrogens (primary N) is 1. The number of aromatic nitrogens is 4. The van der Waals surface area contributed by atoms with Gasteiger partial charge in [-0.05, 0) is 43.9 Å². The first-order chi connectivity index (χ1) is 11.8. The third-order valence-corrected chi connectivity index (χ3v) is 4.80. The third-order valence-electron chi connectivity index (χ3n) is 4.80. The fraction of sp³-hybridized carbons (Fsp3) is 0.389. The molecular formula is C18H21N5O. The number of rotatable bonds is 4. The van der Waals surface area contributed by atoms with Crippen molar-refractivity contribution >= 4 is 0 Å². The van der Waals surface area contributed by atoms with E-state index >= 15 is 0 Å². The van der Waals surface area contributed by atoms with Crippen LogP contribution in [0.15, 0.2) is 47.6 Å². The Hall–Kier alpha value is -2.47. The van der Waals surface area contributed by atoms with E-state index in [9.17, 15) is 0 Å². The Labute approximate surface area is 140 Å². The second-order valence-electron chi connectivity index (χ2n) is 6.35. The maximum Gasteiger partial charge on any atom is 0.195 e. The van der Waals surface area contributed by atoms with Gasteiger partial charge in [0.15, 0.2) is 11.6 Å². The average molecular weight is 323 g/mol. The van der Waals surface area contributed by atoms with E-state index in [1.807, 2.05) is 30.7 Å². The SMILES string of the molecule is NC[C@H]1CCC[C@@H](n2ccnc2-c2cnc(-c3ccco3)nc2)C1. The highest BCUT2D eigenvalue weighted by Crippen LogP contribution is 2.34. The van der Waals surface area contributed by atoms with Crippen LogP contribution in [-0.4, -0.2) is 26.1 Å². The maximum absolute atomic E-state index is 5.88. The number of furan rings is 1. The summed E-state index contributed by atoms with van der Waals surface area (Å²) in [5, 5.41) is 0. The molecule has 0 unspecified atom stereocenters. The molecular weight excluding hydrogens is 302 g/mol. The van der Waals surface area contributed by atoms with E-state index < -0.39 is 0 Å². The lowest BCUT2D eigenvalue weighted by atomic mass is 9.85. The molecule has 4 rings (SSSR count). The van der Waals surface area contributed by atoms with Gasteiger partial charge in [-0.2, -0.15) is 0 Å². The molecule has 0 bridgehead atoms. The van der Waals surface area contributed by atoms with Gasteiger partial charge in [-0.1, -0.05) is 6.42 Å². The second kappa shape index (κ2) is 6.57. The topological polar surface area (TPSA) is 82.8 Å². The molecule has 3 aromatic rings. The Kier molecular flexibility index (Phi) is 4.13. The minimum Gasteiger partial charge on any atom is -0.461 e. The fourth-order valence-corrected chi connectivity index (χ4v) is 3.54. The number of imidazole rings is 1. The highest BCUT2D eigenvalue weighted by Gasteiger charge is 2.24. The molecule has 0 radical (unpaired) electrons. The van der Waals surface area contributed by atoms with Crippen LogP contribution in [0.2, 0.25) is 0 Å². The minimum atomic E-state index is 0.453. The molecule has 2 N–H and O–H groups in total. The van der Waals surface area contributed by atoms with Crippen LogP contribution in [0.1, 0.15) is 31.7 Å². The van der Waals surface area contributed by atoms with E-state index in [1.54, 1.807) is 6.26 Å². The fourth-order valence-electron chi connectivity index (χ4n) is 3.54. The van der Waals surface area contributed by atoms with Crippen molar-refractivity contribution in [1.82, 2.24) is 19.5 Å². The molecule has 0 spiro atoms. The van der Waals surface area contributed by atoms with Gasteiger partial charge in [-0.25, -0.2) is 15.0 Å². The lowest BCUT2D eigenvalue weighted by Crippen LogP contribution is -2.24. The van der Waals surface area contributed by atoms with E-state index in [-0.39, 0.29) is 0 Å². The number of hydrogen-bond acceptors (Lipinski definition) is 5. The van der Waals surface area contributed by atoms with E-state index in [0.29, 0.717) is 23.5 Å². The smallest absolute Gasteiger partial charge is 0.195 e. The first kappa shape index (κ1) is 15.1. The standard InChI is InChI=1S/C18H21N5O/c19-10-13-3-1-4-15(9-13)23-7-6-20-18(23)14-11-21-17(22-12-14)16-5-2-8-24-16/h2,5-8,11-13,15H,1,3-4,9-10,19H2/t13-,15+/m0/s1. The van der Waals surface area contributed by atoms with Crippen molar-refractivity contribution in [2.24, 2.45) is 11.7 Å². The molecule has 0 saturated heterocycles. The molecule has 24 heavy (non-hydrogen) atoms. The summed E-state index contributed by atoms with van der Waals surface area (Å²) in [5.41, 5.74) is 6.80. The summed E-state index contributed by atoms with van der Waals surface area (Å²) in [6.07, 6.45) is 13.9. The second-order valence-corrected chi connectivity index (χ2v) is 6.35. The van der Waals surface area contributed by atoms with Crippen molar-refractivity contribution in [2.75, 3.05) is 6.54 Å². The van der Waals surface area contributed by atoms with Gasteiger partial charge in [0.1, 0.15) is 5.82 Å². The van der Waals surface area contributed by atoms with Crippen LogP contribution >= 0.6 is 0 Å². The number of hydrogen-bond donors (Lipinski definition) is 1. The third kappa shape index (κ3) is 2.85. The largest absolute Gasteiger partial charge is 0.461 e. The summed E-state index contributed by atoms with van der Waals surface area (Å²) < 4.78 is 7.59. The summed E-state index contributed by atoms with van der Waals surface area (Å²) in [5.74, 6) is 2.78. The highest BCUT2D eigenvalue weighted by molar-refractivity contribution is 5.55. The van der Waals surface area contributed by atoms with E-state index in [2.05, 4.69) is 25.7 Å². The van der Waals surface area contributed by atoms with Crippen molar-refractivity contribution in [2.45, 2.75) is 31.7 Å². The Bertz CT molecular complexity index is 778. The van der Waals surface area contributed by atoms with Gasteiger partial charge in [-0.3, -0.25) is 0 Å². The Balaban J connectivity index is 1.60. The molecule has 6 heteroatoms. The molecule has 6 nitrogen and oxygen atoms in total. The zero-order valence-electron chi connectivity index (χ0n) is 13.5. The number of nitrogens with zero attached hydrogens (tertiary/aromatic N) is 4. The van der Waals surface area contributed by atoms with E-state index in [4.69, 9.17) is 10.2 Å². The Morgan fingerprint density at radius 1 is 1.21 bits per heavy atom. The molecule has 1 aliphatic rings. The molecule has 0 amide bonds. The van der Waals surface area contributed by atoms with Crippen LogP contribution < -0.4 is 5.73 Å². The van der Waals surface area contributed by atoms with Crippen molar-refractivity contribution in [3.63, 3.8) is 0 Å². The molecule has 124 valence electrons. The summed E-state index contributed by atoms with van der Waals surface area (Å²) >= 11 is 0. The van der Waals surface area contributed by atoms with Crippen molar-refractivity contribution < 1.29 is 4.42 Å². The Morgan fingerprint density at radius 3 is 2.83 bits per heavy atom. The quantitative estimate of drug-likeness (QED) is 0.796. The summed E-state index contributed by atoms with van der Waals surface area (Å²) in [4.78, 5) is 13.4. The van der Waals surface area contributed by atoms with Crippen LogP contribution in [0.25, 0.3) is 23.0 Å². The van der Waals surface area contributed by atoms with Crippen LogP contribution in [0.3, 0.4) is 0 Å². The van der Waals surface area contributed by atoms with Crippen molar-refractivity contribution in [1.29, 1.82) is 0 Å². The lowest BCUT2D eigenvalue weighted by molar-refractivity contribution is 0.273. The normalized spacial score (nSPS) is 21.0. The van der Waals surface area contributed by atoms with Gasteiger partial charge >= 0.3 is 0 Å². The van der Waals surface area contributed by atoms with Gasteiger partial charge in [-0.15, -0.1) is 0 Å². The molecule has 3 heterocycles. The molecule has 1 saturated carbocycles. The van der Waals surface area contributed by atoms with Crippen LogP contribution in [0, 0.1) is 5.92 Å². The first-order valence-corrected chi connectivity index (χ1v) is 8.44. The molecule has 1 fully saturated rings. The predicted octanol–water partition coefficient (Wildman–Crippen LogP) is 3.29. The zero-order chi connectivity index (χ0) is 16.4. The van der Waals surface area contributed by atoms with Crippen LogP contribution in [-0.2, 0) is 0 Å². The molecule has 2 atom stereocenters. The van der Waals surface area contributed by atoms with Gasteiger partial charge in [0, 0.05) is 30.8 Å². The monoisotopic (exact) mass is 323 g/mol. The lowest BCUT2D eigenvalue weighted by Gasteiger charge is -2.30. The van der Waals surface area contributed by atoms with E-state index in [1.165, 1.54) is 19.3 Å². The van der Waals surface area contributed by atoms with Gasteiger partial charge in [0.05, 0.1) is 11.8 Å². The molecule has 1 aliphatic carbocycles. The van der Waals surface area contributed by atoms with Crippen LogP contribution in [0.4, 0.5) is 0 Å². The van der Waals surface area contributed by atoms with E-state index in [0.717, 1.165) is 24.4 Å².